The van der Waals surface area contributed by atoms with Crippen molar-refractivity contribution in [1.82, 2.24) is 15.1 Å². The van der Waals surface area contributed by atoms with Gasteiger partial charge >= 0.3 is 6.03 Å². The van der Waals surface area contributed by atoms with Crippen LogP contribution in [0.5, 0.6) is 0 Å². The Morgan fingerprint density at radius 3 is 2.69 bits per heavy atom. The van der Waals surface area contributed by atoms with Crippen LogP contribution in [0.25, 0.3) is 0 Å². The molecule has 0 saturated carbocycles. The largest absolute Gasteiger partial charge is 0.381 e. The number of hydrogen-bond donors (Lipinski definition) is 2. The molecule has 4 rings (SSSR count). The summed E-state index contributed by atoms with van der Waals surface area (Å²) in [6.45, 7) is 8.90. The van der Waals surface area contributed by atoms with Gasteiger partial charge in [-0.15, -0.1) is 0 Å². The number of urea groups is 1. The van der Waals surface area contributed by atoms with Gasteiger partial charge in [0.15, 0.2) is 0 Å². The summed E-state index contributed by atoms with van der Waals surface area (Å²) in [7, 11) is 0. The van der Waals surface area contributed by atoms with Crippen molar-refractivity contribution in [2.45, 2.75) is 31.8 Å². The summed E-state index contributed by atoms with van der Waals surface area (Å²) in [6, 6.07) is 8.36. The topological polar surface area (TPSA) is 66.1 Å². The quantitative estimate of drug-likeness (QED) is 0.732. The van der Waals surface area contributed by atoms with E-state index in [1.165, 1.54) is 31.5 Å². The predicted molar refractivity (Wildman–Crippen MR) is 113 cm³/mol. The van der Waals surface area contributed by atoms with Crippen molar-refractivity contribution < 1.29 is 14.3 Å². The number of anilines is 1. The van der Waals surface area contributed by atoms with Crippen molar-refractivity contribution in [3.63, 3.8) is 0 Å². The van der Waals surface area contributed by atoms with Crippen molar-refractivity contribution in [2.24, 2.45) is 5.92 Å². The Morgan fingerprint density at radius 1 is 1.10 bits per heavy atom. The van der Waals surface area contributed by atoms with E-state index in [1.807, 2.05) is 12.1 Å². The van der Waals surface area contributed by atoms with Gasteiger partial charge in [0.2, 0.25) is 0 Å². The van der Waals surface area contributed by atoms with Crippen molar-refractivity contribution >= 4 is 11.7 Å². The first kappa shape index (κ1) is 20.6. The van der Waals surface area contributed by atoms with E-state index in [2.05, 4.69) is 32.6 Å². The van der Waals surface area contributed by atoms with E-state index in [1.54, 1.807) is 0 Å². The number of ether oxygens (including phenoxy) is 2. The second kappa shape index (κ2) is 10.4. The summed E-state index contributed by atoms with van der Waals surface area (Å²) in [5, 5.41) is 6.11. The van der Waals surface area contributed by atoms with E-state index in [4.69, 9.17) is 9.47 Å². The summed E-state index contributed by atoms with van der Waals surface area (Å²) in [6.07, 6.45) is 3.64. The van der Waals surface area contributed by atoms with Gasteiger partial charge in [0.05, 0.1) is 19.8 Å². The van der Waals surface area contributed by atoms with Crippen LogP contribution in [0, 0.1) is 5.92 Å². The smallest absolute Gasteiger partial charge is 0.319 e. The van der Waals surface area contributed by atoms with Crippen LogP contribution in [0.15, 0.2) is 24.3 Å². The zero-order valence-electron chi connectivity index (χ0n) is 17.3. The Bertz CT molecular complexity index is 653. The number of benzene rings is 1. The minimum Gasteiger partial charge on any atom is -0.381 e. The fraction of sp³-hybridized carbons (Fsp3) is 0.682. The molecule has 3 heterocycles. The second-order valence-electron chi connectivity index (χ2n) is 8.36. The van der Waals surface area contributed by atoms with Gasteiger partial charge < -0.3 is 20.1 Å². The molecule has 2 atom stereocenters. The number of likely N-dealkylation sites (tertiary alicyclic amines) is 1. The van der Waals surface area contributed by atoms with Crippen LogP contribution in [0.3, 0.4) is 0 Å². The maximum Gasteiger partial charge on any atom is 0.319 e. The maximum atomic E-state index is 12.6. The first-order valence-electron chi connectivity index (χ1n) is 11.0. The lowest BCUT2D eigenvalue weighted by molar-refractivity contribution is 0.00222. The highest BCUT2D eigenvalue weighted by Gasteiger charge is 2.31. The third-order valence-electron chi connectivity index (χ3n) is 6.29. The predicted octanol–water partition coefficient (Wildman–Crippen LogP) is 2.14. The molecule has 7 heteroatoms. The molecule has 2 amide bonds. The van der Waals surface area contributed by atoms with Crippen molar-refractivity contribution in [1.29, 1.82) is 0 Å². The highest BCUT2D eigenvalue weighted by Crippen LogP contribution is 2.22. The van der Waals surface area contributed by atoms with Crippen LogP contribution in [0.4, 0.5) is 10.5 Å². The molecule has 7 nitrogen and oxygen atoms in total. The average Bonchev–Trinajstić information content (AvgIpc) is 3.44. The van der Waals surface area contributed by atoms with Crippen LogP contribution < -0.4 is 10.6 Å². The monoisotopic (exact) mass is 402 g/mol. The molecule has 3 aliphatic rings. The molecule has 0 radical (unpaired) electrons. The molecule has 2 N–H and O–H groups in total. The number of nitrogens with one attached hydrogen (secondary N) is 2. The van der Waals surface area contributed by atoms with Crippen LogP contribution in [0.2, 0.25) is 0 Å². The third-order valence-corrected chi connectivity index (χ3v) is 6.29. The van der Waals surface area contributed by atoms with Gasteiger partial charge in [-0.05, 0) is 50.0 Å². The number of carbonyl (C=O) groups is 1. The number of amides is 2. The number of nitrogens with zero attached hydrogens (tertiary/aromatic N) is 2. The molecular weight excluding hydrogens is 368 g/mol. The Balaban J connectivity index is 1.29. The van der Waals surface area contributed by atoms with Gasteiger partial charge in [-0.25, -0.2) is 4.79 Å². The fourth-order valence-electron chi connectivity index (χ4n) is 4.68. The van der Waals surface area contributed by atoms with Crippen LogP contribution in [-0.4, -0.2) is 81.0 Å². The van der Waals surface area contributed by atoms with Gasteiger partial charge in [0.1, 0.15) is 0 Å². The fourth-order valence-corrected chi connectivity index (χ4v) is 4.68. The molecule has 0 aromatic heterocycles. The summed E-state index contributed by atoms with van der Waals surface area (Å²) >= 11 is 0. The first-order valence-corrected chi connectivity index (χ1v) is 11.0. The molecule has 160 valence electrons. The zero-order valence-corrected chi connectivity index (χ0v) is 17.3. The molecule has 0 aliphatic carbocycles. The zero-order chi connectivity index (χ0) is 19.9. The molecule has 3 saturated heterocycles. The number of rotatable bonds is 7. The van der Waals surface area contributed by atoms with Crippen molar-refractivity contribution in [3.05, 3.63) is 29.8 Å². The Hall–Kier alpha value is -1.67. The van der Waals surface area contributed by atoms with Crippen molar-refractivity contribution in [3.8, 4) is 0 Å². The maximum absolute atomic E-state index is 12.6. The first-order chi connectivity index (χ1) is 14.3. The van der Waals surface area contributed by atoms with Gasteiger partial charge in [-0.2, -0.15) is 0 Å². The summed E-state index contributed by atoms with van der Waals surface area (Å²) in [5.41, 5.74) is 2.10. The lowest BCUT2D eigenvalue weighted by Crippen LogP contribution is -2.52. The minimum atomic E-state index is -0.138. The normalized spacial score (nSPS) is 24.5. The van der Waals surface area contributed by atoms with Gasteiger partial charge in [-0.3, -0.25) is 9.80 Å². The summed E-state index contributed by atoms with van der Waals surface area (Å²) < 4.78 is 11.1. The van der Waals surface area contributed by atoms with E-state index >= 15 is 0 Å². The lowest BCUT2D eigenvalue weighted by Gasteiger charge is -2.37. The average molecular weight is 403 g/mol. The summed E-state index contributed by atoms with van der Waals surface area (Å²) in [5.74, 6) is 0.470. The molecule has 1 aromatic rings. The number of hydrogen-bond acceptors (Lipinski definition) is 5. The number of morpholine rings is 1. The van der Waals surface area contributed by atoms with Gasteiger partial charge in [0.25, 0.3) is 0 Å². The highest BCUT2D eigenvalue weighted by atomic mass is 16.5. The van der Waals surface area contributed by atoms with Crippen LogP contribution in [-0.2, 0) is 16.0 Å². The van der Waals surface area contributed by atoms with Crippen LogP contribution >= 0.6 is 0 Å². The molecule has 3 aliphatic heterocycles. The second-order valence-corrected chi connectivity index (χ2v) is 8.36. The van der Waals surface area contributed by atoms with E-state index in [0.717, 1.165) is 58.2 Å². The van der Waals surface area contributed by atoms with E-state index in [9.17, 15) is 4.79 Å². The summed E-state index contributed by atoms with van der Waals surface area (Å²) in [4.78, 5) is 17.5. The molecule has 3 fully saturated rings. The lowest BCUT2D eigenvalue weighted by atomic mass is 9.97. The van der Waals surface area contributed by atoms with Crippen molar-refractivity contribution in [2.75, 3.05) is 64.5 Å². The van der Waals surface area contributed by atoms with E-state index in [-0.39, 0.29) is 6.03 Å². The molecule has 29 heavy (non-hydrogen) atoms. The molecule has 1 aromatic carbocycles. The van der Waals surface area contributed by atoms with E-state index < -0.39 is 0 Å². The van der Waals surface area contributed by atoms with Gasteiger partial charge in [-0.1, -0.05) is 12.1 Å². The Kier molecular flexibility index (Phi) is 7.38. The van der Waals surface area contributed by atoms with Crippen LogP contribution in [0.1, 0.15) is 24.8 Å². The highest BCUT2D eigenvalue weighted by molar-refractivity contribution is 5.89. The molecular formula is C22H34N4O3. The van der Waals surface area contributed by atoms with E-state index in [0.29, 0.717) is 18.5 Å². The number of carbonyl (C=O) groups excluding carboxylic acids is 1. The molecule has 0 spiro atoms. The third kappa shape index (κ3) is 5.92. The standard InChI is InChI=1S/C22H34N4O3/c27-22(24-20-5-3-4-18(14-20)16-25-7-1-2-8-25)23-15-21(19-6-11-29-17-19)26-9-12-28-13-10-26/h3-5,14,19,21H,1-2,6-13,15-17H2,(H2,23,24,27)/t19-,21-/m0/s1. The SMILES string of the molecule is O=C(NC[C@@H]([C@H]1CCOC1)N1CCOCC1)Nc1cccc(CN2CCCC2)c1. The molecule has 0 unspecified atom stereocenters. The molecule has 0 bridgehead atoms. The van der Waals surface area contributed by atoms with Gasteiger partial charge in [0, 0.05) is 50.4 Å². The minimum absolute atomic E-state index is 0.138. The Labute approximate surface area is 173 Å². The Morgan fingerprint density at radius 2 is 1.93 bits per heavy atom.